The van der Waals surface area contributed by atoms with Crippen LogP contribution in [-0.2, 0) is 0 Å². The van der Waals surface area contributed by atoms with E-state index in [4.69, 9.17) is 0 Å². The topological polar surface area (TPSA) is 43.7 Å². The Kier molecular flexibility index (Phi) is 8.90. The van der Waals surface area contributed by atoms with Crippen LogP contribution in [0.25, 0.3) is 0 Å². The average molecular weight is 231 g/mol. The van der Waals surface area contributed by atoms with Crippen molar-refractivity contribution in [3.63, 3.8) is 0 Å². The first-order chi connectivity index (χ1) is 7.50. The summed E-state index contributed by atoms with van der Waals surface area (Å²) in [4.78, 5) is 1.75. The van der Waals surface area contributed by atoms with E-state index in [1.807, 2.05) is 0 Å². The second kappa shape index (κ2) is 8.97. The predicted molar refractivity (Wildman–Crippen MR) is 68.0 cm³/mol. The van der Waals surface area contributed by atoms with Crippen LogP contribution in [0, 0.1) is 0 Å². The smallest absolute Gasteiger partial charge is 0.106 e. The molecule has 0 spiro atoms. The molecule has 0 radical (unpaired) electrons. The molecule has 0 saturated heterocycles. The van der Waals surface area contributed by atoms with Gasteiger partial charge in [-0.05, 0) is 27.2 Å². The number of aliphatic hydroxyl groups excluding tert-OH is 2. The van der Waals surface area contributed by atoms with Crippen LogP contribution in [0.2, 0.25) is 0 Å². The molecule has 2 N–H and O–H groups in total. The lowest BCUT2D eigenvalue weighted by Gasteiger charge is -2.34. The standard InChI is InChI=1S/C13H29NO2/c1-5-6-7-8-9-10-11(2)14(12(3)15)13(4)16/h11-13,15-16H,5-10H2,1-4H3. The molecule has 16 heavy (non-hydrogen) atoms. The third-order valence-corrected chi connectivity index (χ3v) is 3.10. The van der Waals surface area contributed by atoms with E-state index in [9.17, 15) is 10.2 Å². The van der Waals surface area contributed by atoms with Gasteiger partial charge in [0.2, 0.25) is 0 Å². The maximum atomic E-state index is 9.56. The lowest BCUT2D eigenvalue weighted by atomic mass is 10.1. The third-order valence-electron chi connectivity index (χ3n) is 3.10. The molecule has 0 heterocycles. The minimum atomic E-state index is -0.578. The molecule has 3 heteroatoms. The largest absolute Gasteiger partial charge is 0.379 e. The van der Waals surface area contributed by atoms with Crippen molar-refractivity contribution in [1.82, 2.24) is 4.90 Å². The zero-order valence-electron chi connectivity index (χ0n) is 11.3. The van der Waals surface area contributed by atoms with E-state index in [1.165, 1.54) is 32.1 Å². The molecule has 3 unspecified atom stereocenters. The molecule has 0 rings (SSSR count). The van der Waals surface area contributed by atoms with E-state index in [2.05, 4.69) is 13.8 Å². The fourth-order valence-corrected chi connectivity index (χ4v) is 2.24. The summed E-state index contributed by atoms with van der Waals surface area (Å²) >= 11 is 0. The number of unbranched alkanes of at least 4 members (excludes halogenated alkanes) is 4. The van der Waals surface area contributed by atoms with Crippen LogP contribution in [0.1, 0.15) is 66.2 Å². The van der Waals surface area contributed by atoms with Gasteiger partial charge in [0.05, 0.1) is 0 Å². The Morgan fingerprint density at radius 2 is 1.38 bits per heavy atom. The van der Waals surface area contributed by atoms with Crippen LogP contribution in [0.4, 0.5) is 0 Å². The first kappa shape index (κ1) is 15.9. The Morgan fingerprint density at radius 1 is 0.875 bits per heavy atom. The van der Waals surface area contributed by atoms with E-state index >= 15 is 0 Å². The first-order valence-electron chi connectivity index (χ1n) is 6.64. The average Bonchev–Trinajstić information content (AvgIpc) is 2.16. The molecule has 3 nitrogen and oxygen atoms in total. The molecular formula is C13H29NO2. The summed E-state index contributed by atoms with van der Waals surface area (Å²) in [6, 6.07) is 0.238. The molecule has 3 atom stereocenters. The highest BCUT2D eigenvalue weighted by Crippen LogP contribution is 2.15. The van der Waals surface area contributed by atoms with Gasteiger partial charge < -0.3 is 10.2 Å². The van der Waals surface area contributed by atoms with Gasteiger partial charge in [0.1, 0.15) is 12.5 Å². The fraction of sp³-hybridized carbons (Fsp3) is 1.00. The second-order valence-corrected chi connectivity index (χ2v) is 4.76. The number of nitrogens with zero attached hydrogens (tertiary/aromatic N) is 1. The quantitative estimate of drug-likeness (QED) is 0.474. The van der Waals surface area contributed by atoms with Crippen molar-refractivity contribution in [3.05, 3.63) is 0 Å². The van der Waals surface area contributed by atoms with Crippen molar-refractivity contribution >= 4 is 0 Å². The van der Waals surface area contributed by atoms with Gasteiger partial charge in [0.15, 0.2) is 0 Å². The molecule has 0 fully saturated rings. The van der Waals surface area contributed by atoms with E-state index in [0.717, 1.165) is 6.42 Å². The van der Waals surface area contributed by atoms with Gasteiger partial charge in [0, 0.05) is 6.04 Å². The first-order valence-corrected chi connectivity index (χ1v) is 6.64. The van der Waals surface area contributed by atoms with Gasteiger partial charge in [-0.15, -0.1) is 0 Å². The summed E-state index contributed by atoms with van der Waals surface area (Å²) in [5.74, 6) is 0. The lowest BCUT2D eigenvalue weighted by molar-refractivity contribution is -0.107. The van der Waals surface area contributed by atoms with Crippen LogP contribution in [0.3, 0.4) is 0 Å². The van der Waals surface area contributed by atoms with E-state index < -0.39 is 12.5 Å². The zero-order chi connectivity index (χ0) is 12.6. The highest BCUT2D eigenvalue weighted by atomic mass is 16.3. The molecule has 98 valence electrons. The van der Waals surface area contributed by atoms with Crippen molar-refractivity contribution in [2.45, 2.75) is 84.7 Å². The summed E-state index contributed by atoms with van der Waals surface area (Å²) in [5.41, 5.74) is 0. The molecule has 0 amide bonds. The van der Waals surface area contributed by atoms with Crippen molar-refractivity contribution in [2.75, 3.05) is 0 Å². The summed E-state index contributed by atoms with van der Waals surface area (Å²) < 4.78 is 0. The Labute approximate surface area is 100 Å². The van der Waals surface area contributed by atoms with Gasteiger partial charge in [-0.25, -0.2) is 0 Å². The zero-order valence-corrected chi connectivity index (χ0v) is 11.3. The minimum Gasteiger partial charge on any atom is -0.379 e. The fourth-order valence-electron chi connectivity index (χ4n) is 2.24. The molecule has 0 bridgehead atoms. The Morgan fingerprint density at radius 3 is 1.81 bits per heavy atom. The van der Waals surface area contributed by atoms with Crippen molar-refractivity contribution in [1.29, 1.82) is 0 Å². The molecule has 0 aromatic rings. The van der Waals surface area contributed by atoms with Gasteiger partial charge in [-0.2, -0.15) is 0 Å². The van der Waals surface area contributed by atoms with E-state index in [0.29, 0.717) is 0 Å². The molecule has 0 aromatic carbocycles. The normalized spacial score (nSPS) is 17.4. The van der Waals surface area contributed by atoms with Crippen LogP contribution >= 0.6 is 0 Å². The van der Waals surface area contributed by atoms with Gasteiger partial charge in [-0.1, -0.05) is 39.0 Å². The summed E-state index contributed by atoms with van der Waals surface area (Å²) in [5, 5.41) is 19.1. The van der Waals surface area contributed by atoms with Crippen molar-refractivity contribution in [3.8, 4) is 0 Å². The van der Waals surface area contributed by atoms with E-state index in [1.54, 1.807) is 18.7 Å². The molecule has 0 aromatic heterocycles. The Balaban J connectivity index is 3.79. The predicted octanol–water partition coefficient (Wildman–Crippen LogP) is 2.71. The maximum absolute atomic E-state index is 9.56. The minimum absolute atomic E-state index is 0.238. The van der Waals surface area contributed by atoms with Crippen LogP contribution in [0.5, 0.6) is 0 Å². The molecule has 0 aliphatic rings. The van der Waals surface area contributed by atoms with Gasteiger partial charge in [-0.3, -0.25) is 4.90 Å². The Hall–Kier alpha value is -0.120. The highest BCUT2D eigenvalue weighted by Gasteiger charge is 2.21. The monoisotopic (exact) mass is 231 g/mol. The second-order valence-electron chi connectivity index (χ2n) is 4.76. The summed E-state index contributed by atoms with van der Waals surface area (Å²) in [7, 11) is 0. The Bertz CT molecular complexity index is 152. The molecule has 0 aliphatic heterocycles. The van der Waals surface area contributed by atoms with Gasteiger partial charge in [0.25, 0.3) is 0 Å². The van der Waals surface area contributed by atoms with Gasteiger partial charge >= 0.3 is 0 Å². The van der Waals surface area contributed by atoms with Crippen molar-refractivity contribution < 1.29 is 10.2 Å². The molecular weight excluding hydrogens is 202 g/mol. The van der Waals surface area contributed by atoms with E-state index in [-0.39, 0.29) is 6.04 Å². The highest BCUT2D eigenvalue weighted by molar-refractivity contribution is 4.69. The lowest BCUT2D eigenvalue weighted by Crippen LogP contribution is -2.46. The SMILES string of the molecule is CCCCCCCC(C)N(C(C)O)C(C)O. The summed E-state index contributed by atoms with van der Waals surface area (Å²) in [6.07, 6.45) is 6.19. The van der Waals surface area contributed by atoms with Crippen LogP contribution in [0.15, 0.2) is 0 Å². The third kappa shape index (κ3) is 6.46. The molecule has 0 saturated carbocycles. The number of hydrogen-bond donors (Lipinski definition) is 2. The number of hydrogen-bond acceptors (Lipinski definition) is 3. The maximum Gasteiger partial charge on any atom is 0.106 e. The number of rotatable bonds is 9. The summed E-state index contributed by atoms with van der Waals surface area (Å²) in [6.45, 7) is 7.70. The van der Waals surface area contributed by atoms with Crippen LogP contribution in [-0.4, -0.2) is 33.6 Å². The van der Waals surface area contributed by atoms with Crippen LogP contribution < -0.4 is 0 Å². The molecule has 0 aliphatic carbocycles. The van der Waals surface area contributed by atoms with Crippen molar-refractivity contribution in [2.24, 2.45) is 0 Å². The number of aliphatic hydroxyl groups is 2.